The maximum absolute atomic E-state index is 5.61. The van der Waals surface area contributed by atoms with Crippen LogP contribution in [0.5, 0.6) is 0 Å². The molecular weight excluding hydrogens is 873 g/mol. The van der Waals surface area contributed by atoms with Crippen LogP contribution in [0, 0.1) is 5.41 Å². The summed E-state index contributed by atoms with van der Waals surface area (Å²) in [5.74, 6) is 1.88. The predicted molar refractivity (Wildman–Crippen MR) is 302 cm³/mol. The zero-order valence-corrected chi connectivity index (χ0v) is 40.4. The summed E-state index contributed by atoms with van der Waals surface area (Å²) in [6.45, 7) is 4.58. The van der Waals surface area contributed by atoms with Gasteiger partial charge >= 0.3 is 0 Å². The number of hydrogen-bond donors (Lipinski definition) is 2. The largest absolute Gasteiger partial charge is 0.337 e. The zero-order valence-electron chi connectivity index (χ0n) is 40.4. The molecule has 2 heterocycles. The van der Waals surface area contributed by atoms with Crippen molar-refractivity contribution in [2.24, 2.45) is 5.41 Å². The number of allylic oxidation sites excluding steroid dienone is 4. The Morgan fingerprint density at radius 3 is 1.76 bits per heavy atom. The third kappa shape index (κ3) is 6.24. The fourth-order valence-corrected chi connectivity index (χ4v) is 12.8. The van der Waals surface area contributed by atoms with Crippen LogP contribution in [-0.2, 0) is 12.8 Å². The Balaban J connectivity index is 0.807. The van der Waals surface area contributed by atoms with Gasteiger partial charge in [0.25, 0.3) is 0 Å². The van der Waals surface area contributed by atoms with Gasteiger partial charge in [-0.05, 0) is 120 Å². The second-order valence-corrected chi connectivity index (χ2v) is 20.5. The molecule has 2 aliphatic carbocycles. The van der Waals surface area contributed by atoms with Crippen molar-refractivity contribution < 1.29 is 0 Å². The van der Waals surface area contributed by atoms with E-state index in [2.05, 4.69) is 218 Å². The minimum atomic E-state index is 0.104. The average molecular weight is 923 g/mol. The third-order valence-corrected chi connectivity index (χ3v) is 16.4. The maximum Gasteiger partial charge on any atom is 0.138 e. The molecule has 0 saturated heterocycles. The first kappa shape index (κ1) is 41.2. The van der Waals surface area contributed by atoms with Gasteiger partial charge < -0.3 is 9.97 Å². The Morgan fingerprint density at radius 2 is 1.04 bits per heavy atom. The minimum Gasteiger partial charge on any atom is -0.337 e. The number of nitrogens with one attached hydrogen (secondary N) is 2. The normalized spacial score (nSPS) is 15.8. The third-order valence-electron chi connectivity index (χ3n) is 16.4. The summed E-state index contributed by atoms with van der Waals surface area (Å²) in [6, 6.07) is 69.2. The predicted octanol–water partition coefficient (Wildman–Crippen LogP) is 18.0. The summed E-state index contributed by atoms with van der Waals surface area (Å²) in [6.07, 6.45) is 7.49. The number of H-pyrrole nitrogens is 2. The molecule has 342 valence electrons. The highest BCUT2D eigenvalue weighted by atomic mass is 15.0. The first-order chi connectivity index (χ1) is 35.5. The number of aryl methyl sites for hydroxylation is 1. The number of rotatable bonds is 10. The van der Waals surface area contributed by atoms with Crippen LogP contribution >= 0.6 is 0 Å². The summed E-state index contributed by atoms with van der Waals surface area (Å²) in [5, 5.41) is 15.3. The summed E-state index contributed by atoms with van der Waals surface area (Å²) in [5.41, 5.74) is 16.9. The van der Waals surface area contributed by atoms with Gasteiger partial charge in [0.15, 0.2) is 0 Å². The molecule has 2 aromatic heterocycles. The minimum absolute atomic E-state index is 0.104. The fourth-order valence-electron chi connectivity index (χ4n) is 12.8. The molecule has 72 heavy (non-hydrogen) atoms. The molecule has 4 nitrogen and oxygen atoms in total. The number of aromatic amines is 2. The van der Waals surface area contributed by atoms with Gasteiger partial charge in [-0.15, -0.1) is 0 Å². The molecule has 1 unspecified atom stereocenters. The van der Waals surface area contributed by atoms with Crippen molar-refractivity contribution in [3.63, 3.8) is 0 Å². The van der Waals surface area contributed by atoms with Crippen molar-refractivity contribution in [2.45, 2.75) is 46.0 Å². The molecule has 13 aromatic rings. The topological polar surface area (TPSA) is 57.4 Å². The van der Waals surface area contributed by atoms with Gasteiger partial charge in [-0.25, -0.2) is 9.97 Å². The second-order valence-electron chi connectivity index (χ2n) is 20.5. The first-order valence-corrected chi connectivity index (χ1v) is 25.7. The second kappa shape index (κ2) is 15.7. The van der Waals surface area contributed by atoms with Crippen molar-refractivity contribution >= 4 is 70.2 Å². The van der Waals surface area contributed by atoms with Gasteiger partial charge in [0.2, 0.25) is 0 Å². The number of hydrogen-bond acceptors (Lipinski definition) is 2. The van der Waals surface area contributed by atoms with E-state index >= 15 is 0 Å². The van der Waals surface area contributed by atoms with Crippen LogP contribution in [0.2, 0.25) is 0 Å². The summed E-state index contributed by atoms with van der Waals surface area (Å²) in [7, 11) is 0. The fraction of sp³-hybridized carbons (Fsp3) is 0.118. The van der Waals surface area contributed by atoms with Crippen LogP contribution in [0.4, 0.5) is 0 Å². The molecule has 15 rings (SSSR count). The van der Waals surface area contributed by atoms with E-state index in [1.165, 1.54) is 104 Å². The van der Waals surface area contributed by atoms with Crippen molar-refractivity contribution in [1.29, 1.82) is 0 Å². The van der Waals surface area contributed by atoms with E-state index < -0.39 is 0 Å². The molecule has 0 amide bonds. The summed E-state index contributed by atoms with van der Waals surface area (Å²) in [4.78, 5) is 19.1. The van der Waals surface area contributed by atoms with Crippen molar-refractivity contribution in [3.8, 4) is 56.4 Å². The van der Waals surface area contributed by atoms with E-state index in [1.54, 1.807) is 0 Å². The molecule has 1 saturated carbocycles. The number of nitrogens with zero attached hydrogens (tertiary/aromatic N) is 2. The Hall–Kier alpha value is -8.60. The van der Waals surface area contributed by atoms with Crippen molar-refractivity contribution in [2.75, 3.05) is 0 Å². The standard InChI is InChI=1S/C68H50N4/c1-3-41-25-24-40(34-55(41)66-69-62(48-14-7-5-8-15-48)64(71-66)54-33-31-47-29-27-43-18-11-19-45-30-32-53(54)61(47)58(43)45)37-68-38-42(4-2)56(36-51(68)39-68)67-70-63(49-16-9-6-10-17-49)65(72-67)57-35-50-22-12-20-44-26-28-46-21-13-23-52(57)60(46)59(44)50/h5-36H,3-4,37-39H2,1-2H3,(H,69,71)(H,70,72). The van der Waals surface area contributed by atoms with E-state index in [0.29, 0.717) is 0 Å². The van der Waals surface area contributed by atoms with Crippen molar-refractivity contribution in [1.82, 2.24) is 19.9 Å². The molecule has 0 bridgehead atoms. The lowest BCUT2D eigenvalue weighted by Gasteiger charge is -2.23. The van der Waals surface area contributed by atoms with E-state index in [0.717, 1.165) is 83.2 Å². The molecule has 0 radical (unpaired) electrons. The van der Waals surface area contributed by atoms with E-state index in [-0.39, 0.29) is 5.41 Å². The molecule has 11 aromatic carbocycles. The Bertz CT molecular complexity index is 4360. The molecule has 1 fully saturated rings. The zero-order chi connectivity index (χ0) is 47.7. The highest BCUT2D eigenvalue weighted by Crippen LogP contribution is 2.62. The van der Waals surface area contributed by atoms with Gasteiger partial charge in [0.05, 0.1) is 22.8 Å². The first-order valence-electron chi connectivity index (χ1n) is 25.7. The van der Waals surface area contributed by atoms with Gasteiger partial charge in [-0.1, -0.05) is 207 Å². The number of fused-ring (bicyclic) bond motifs is 1. The molecule has 0 spiro atoms. The number of aromatic nitrogens is 4. The quantitative estimate of drug-likeness (QED) is 0.134. The van der Waals surface area contributed by atoms with Gasteiger partial charge in [-0.3, -0.25) is 0 Å². The molecule has 2 aliphatic rings. The Labute approximate surface area is 418 Å². The Morgan fingerprint density at radius 1 is 0.444 bits per heavy atom. The van der Waals surface area contributed by atoms with Crippen LogP contribution < -0.4 is 0 Å². The summed E-state index contributed by atoms with van der Waals surface area (Å²) < 4.78 is 0. The Kier molecular flexibility index (Phi) is 8.99. The van der Waals surface area contributed by atoms with E-state index in [4.69, 9.17) is 9.97 Å². The molecule has 4 heteroatoms. The van der Waals surface area contributed by atoms with Crippen LogP contribution in [0.15, 0.2) is 205 Å². The summed E-state index contributed by atoms with van der Waals surface area (Å²) >= 11 is 0. The SMILES string of the molecule is CCC1=C(c2nc(-c3ccccc3)c(-c3cc4cccc5ccc6cccc3c6c54)[nH]2)C=C2CC2(Cc2ccc(CC)c(-c3nc(-c4ccc5ccc6cccc7ccc4c5c67)c(-c4ccccc4)[nH]3)c2)C1. The van der Waals surface area contributed by atoms with Crippen LogP contribution in [0.1, 0.15) is 50.1 Å². The lowest BCUT2D eigenvalue weighted by molar-refractivity contribution is 0.519. The van der Waals surface area contributed by atoms with Crippen LogP contribution in [-0.4, -0.2) is 19.9 Å². The molecule has 2 N–H and O–H groups in total. The average Bonchev–Trinajstić information content (AvgIpc) is 3.69. The monoisotopic (exact) mass is 922 g/mol. The van der Waals surface area contributed by atoms with E-state index in [9.17, 15) is 0 Å². The highest BCUT2D eigenvalue weighted by molar-refractivity contribution is 6.27. The number of benzene rings is 11. The number of imidazole rings is 2. The molecular formula is C68H50N4. The van der Waals surface area contributed by atoms with Gasteiger partial charge in [-0.2, -0.15) is 0 Å². The van der Waals surface area contributed by atoms with Gasteiger partial charge in [0, 0.05) is 38.8 Å². The molecule has 1 atom stereocenters. The van der Waals surface area contributed by atoms with Crippen molar-refractivity contribution in [3.05, 3.63) is 222 Å². The van der Waals surface area contributed by atoms with Crippen LogP contribution in [0.25, 0.3) is 127 Å². The lowest BCUT2D eigenvalue weighted by atomic mass is 9.82. The van der Waals surface area contributed by atoms with Crippen LogP contribution in [0.3, 0.4) is 0 Å². The van der Waals surface area contributed by atoms with Gasteiger partial charge in [0.1, 0.15) is 11.6 Å². The lowest BCUT2D eigenvalue weighted by Crippen LogP contribution is -2.12. The van der Waals surface area contributed by atoms with E-state index in [1.807, 2.05) is 0 Å². The smallest absolute Gasteiger partial charge is 0.138 e. The maximum atomic E-state index is 5.61. The molecule has 0 aliphatic heterocycles. The highest BCUT2D eigenvalue weighted by Gasteiger charge is 2.51.